The van der Waals surface area contributed by atoms with Crippen molar-refractivity contribution in [2.45, 2.75) is 63.7 Å². The Kier molecular flexibility index (Phi) is 4.82. The van der Waals surface area contributed by atoms with E-state index in [-0.39, 0.29) is 10.8 Å². The summed E-state index contributed by atoms with van der Waals surface area (Å²) < 4.78 is 13.3. The van der Waals surface area contributed by atoms with Crippen molar-refractivity contribution in [2.24, 2.45) is 0 Å². The van der Waals surface area contributed by atoms with Crippen LogP contribution in [0.4, 0.5) is 4.39 Å². The second kappa shape index (κ2) is 6.64. The van der Waals surface area contributed by atoms with Crippen molar-refractivity contribution < 1.29 is 4.39 Å². The van der Waals surface area contributed by atoms with E-state index in [2.05, 4.69) is 17.1 Å². The van der Waals surface area contributed by atoms with Crippen LogP contribution >= 0.6 is 11.6 Å². The third-order valence-electron chi connectivity index (χ3n) is 4.85. The van der Waals surface area contributed by atoms with Crippen molar-refractivity contribution in [2.75, 3.05) is 6.54 Å². The third kappa shape index (κ3) is 3.58. The van der Waals surface area contributed by atoms with Gasteiger partial charge in [-0.1, -0.05) is 24.6 Å². The summed E-state index contributed by atoms with van der Waals surface area (Å²) >= 11 is 5.91. The van der Waals surface area contributed by atoms with Crippen LogP contribution in [0.1, 0.15) is 44.6 Å². The summed E-state index contributed by atoms with van der Waals surface area (Å²) in [6.45, 7) is 4.19. The summed E-state index contributed by atoms with van der Waals surface area (Å²) in [6, 6.07) is 7.16. The first-order chi connectivity index (χ1) is 10.2. The number of hydrogen-bond acceptors (Lipinski definition) is 2. The van der Waals surface area contributed by atoms with Gasteiger partial charge in [0.1, 0.15) is 5.82 Å². The number of piperidine rings is 1. The average molecular weight is 311 g/mol. The number of halogens is 2. The normalized spacial score (nSPS) is 28.3. The van der Waals surface area contributed by atoms with Gasteiger partial charge in [0.2, 0.25) is 0 Å². The van der Waals surface area contributed by atoms with Gasteiger partial charge in [-0.15, -0.1) is 0 Å². The quantitative estimate of drug-likeness (QED) is 0.885. The Morgan fingerprint density at radius 3 is 2.62 bits per heavy atom. The molecule has 1 aromatic rings. The van der Waals surface area contributed by atoms with Crippen LogP contribution in [-0.4, -0.2) is 29.6 Å². The molecule has 1 N–H and O–H groups in total. The molecule has 2 aliphatic rings. The Hall–Kier alpha value is -0.640. The fraction of sp³-hybridized carbons (Fsp3) is 0.647. The minimum absolute atomic E-state index is 0.231. The third-order valence-corrected chi connectivity index (χ3v) is 5.13. The molecule has 2 bridgehead atoms. The SMILES string of the molecule is CCCN(Cc1ccc(F)c(Cl)c1)C1CC2CCC(C1)N2. The summed E-state index contributed by atoms with van der Waals surface area (Å²) in [5.41, 5.74) is 1.11. The Balaban J connectivity index is 1.70. The Morgan fingerprint density at radius 2 is 2.00 bits per heavy atom. The number of fused-ring (bicyclic) bond motifs is 2. The van der Waals surface area contributed by atoms with Crippen molar-refractivity contribution in [3.63, 3.8) is 0 Å². The maximum atomic E-state index is 13.3. The lowest BCUT2D eigenvalue weighted by Gasteiger charge is -2.38. The van der Waals surface area contributed by atoms with Crippen LogP contribution in [0.15, 0.2) is 18.2 Å². The van der Waals surface area contributed by atoms with Gasteiger partial charge in [-0.2, -0.15) is 0 Å². The molecule has 4 heteroatoms. The van der Waals surface area contributed by atoms with Crippen LogP contribution in [0.2, 0.25) is 5.02 Å². The highest BCUT2D eigenvalue weighted by molar-refractivity contribution is 6.30. The van der Waals surface area contributed by atoms with Gasteiger partial charge in [0.25, 0.3) is 0 Å². The van der Waals surface area contributed by atoms with Crippen molar-refractivity contribution in [1.29, 1.82) is 0 Å². The molecule has 3 rings (SSSR count). The zero-order chi connectivity index (χ0) is 14.8. The molecule has 0 spiro atoms. The standard InChI is InChI=1S/C17H24ClFN2/c1-2-7-21(11-12-3-6-17(19)16(18)8-12)15-9-13-4-5-14(10-15)20-13/h3,6,8,13-15,20H,2,4-5,7,9-11H2,1H3. The maximum absolute atomic E-state index is 13.3. The largest absolute Gasteiger partial charge is 0.311 e. The molecule has 0 saturated carbocycles. The van der Waals surface area contributed by atoms with Crippen LogP contribution in [0.25, 0.3) is 0 Å². The first-order valence-electron chi connectivity index (χ1n) is 8.09. The fourth-order valence-corrected chi connectivity index (χ4v) is 4.08. The molecule has 0 aromatic heterocycles. The summed E-state index contributed by atoms with van der Waals surface area (Å²) in [5.74, 6) is -0.331. The minimum atomic E-state index is -0.331. The van der Waals surface area contributed by atoms with E-state index in [9.17, 15) is 4.39 Å². The van der Waals surface area contributed by atoms with Crippen molar-refractivity contribution >= 4 is 11.6 Å². The maximum Gasteiger partial charge on any atom is 0.141 e. The monoisotopic (exact) mass is 310 g/mol. The number of benzene rings is 1. The van der Waals surface area contributed by atoms with Gasteiger partial charge >= 0.3 is 0 Å². The van der Waals surface area contributed by atoms with E-state index in [0.717, 1.165) is 25.1 Å². The lowest BCUT2D eigenvalue weighted by Crippen LogP contribution is -2.48. The van der Waals surface area contributed by atoms with Gasteiger partial charge in [-0.3, -0.25) is 4.90 Å². The first kappa shape index (κ1) is 15.3. The zero-order valence-corrected chi connectivity index (χ0v) is 13.4. The van der Waals surface area contributed by atoms with Crippen molar-refractivity contribution in [3.05, 3.63) is 34.6 Å². The minimum Gasteiger partial charge on any atom is -0.311 e. The topological polar surface area (TPSA) is 15.3 Å². The van der Waals surface area contributed by atoms with Crippen LogP contribution in [0.5, 0.6) is 0 Å². The predicted molar refractivity (Wildman–Crippen MR) is 85.1 cm³/mol. The van der Waals surface area contributed by atoms with Crippen molar-refractivity contribution in [1.82, 2.24) is 10.2 Å². The molecular formula is C17H24ClFN2. The Bertz CT molecular complexity index is 482. The first-order valence-corrected chi connectivity index (χ1v) is 8.47. The van der Waals surface area contributed by atoms with Crippen LogP contribution in [0.3, 0.4) is 0 Å². The second-order valence-corrected chi connectivity index (χ2v) is 6.89. The molecular weight excluding hydrogens is 287 g/mol. The summed E-state index contributed by atoms with van der Waals surface area (Å²) in [7, 11) is 0. The Morgan fingerprint density at radius 1 is 1.29 bits per heavy atom. The van der Waals surface area contributed by atoms with E-state index < -0.39 is 0 Å². The number of nitrogens with one attached hydrogen (secondary N) is 1. The van der Waals surface area contributed by atoms with E-state index in [1.165, 1.54) is 31.7 Å². The lowest BCUT2D eigenvalue weighted by molar-refractivity contribution is 0.134. The summed E-state index contributed by atoms with van der Waals surface area (Å²) in [5, 5.41) is 3.93. The molecule has 2 atom stereocenters. The molecule has 2 unspecified atom stereocenters. The number of nitrogens with zero attached hydrogens (tertiary/aromatic N) is 1. The smallest absolute Gasteiger partial charge is 0.141 e. The van der Waals surface area contributed by atoms with Crippen LogP contribution in [-0.2, 0) is 6.54 Å². The molecule has 0 aliphatic carbocycles. The molecule has 1 aromatic carbocycles. The Labute approximate surface area is 131 Å². The molecule has 21 heavy (non-hydrogen) atoms. The van der Waals surface area contributed by atoms with E-state index in [0.29, 0.717) is 18.1 Å². The molecule has 2 saturated heterocycles. The van der Waals surface area contributed by atoms with E-state index in [4.69, 9.17) is 11.6 Å². The van der Waals surface area contributed by atoms with Gasteiger partial charge in [0.05, 0.1) is 5.02 Å². The van der Waals surface area contributed by atoms with Gasteiger partial charge in [-0.05, 0) is 56.3 Å². The van der Waals surface area contributed by atoms with E-state index in [1.807, 2.05) is 6.07 Å². The summed E-state index contributed by atoms with van der Waals surface area (Å²) in [6.07, 6.45) is 6.28. The lowest BCUT2D eigenvalue weighted by atomic mass is 9.97. The zero-order valence-electron chi connectivity index (χ0n) is 12.6. The van der Waals surface area contributed by atoms with E-state index in [1.54, 1.807) is 6.07 Å². The van der Waals surface area contributed by atoms with Gasteiger partial charge in [0, 0.05) is 24.7 Å². The molecule has 2 heterocycles. The van der Waals surface area contributed by atoms with Crippen LogP contribution in [0, 0.1) is 5.82 Å². The highest BCUT2D eigenvalue weighted by Crippen LogP contribution is 2.31. The molecule has 0 radical (unpaired) electrons. The molecule has 2 aliphatic heterocycles. The average Bonchev–Trinajstić information content (AvgIpc) is 2.81. The number of hydrogen-bond donors (Lipinski definition) is 1. The molecule has 116 valence electrons. The van der Waals surface area contributed by atoms with Crippen molar-refractivity contribution in [3.8, 4) is 0 Å². The molecule has 2 nitrogen and oxygen atoms in total. The van der Waals surface area contributed by atoms with Gasteiger partial charge < -0.3 is 5.32 Å². The highest BCUT2D eigenvalue weighted by atomic mass is 35.5. The summed E-state index contributed by atoms with van der Waals surface area (Å²) in [4.78, 5) is 2.57. The number of rotatable bonds is 5. The van der Waals surface area contributed by atoms with Gasteiger partial charge in [-0.25, -0.2) is 4.39 Å². The predicted octanol–water partition coefficient (Wildman–Crippen LogP) is 3.97. The highest BCUT2D eigenvalue weighted by Gasteiger charge is 2.35. The van der Waals surface area contributed by atoms with E-state index >= 15 is 0 Å². The molecule has 0 amide bonds. The second-order valence-electron chi connectivity index (χ2n) is 6.48. The molecule has 2 fully saturated rings. The van der Waals surface area contributed by atoms with Crippen LogP contribution < -0.4 is 5.32 Å². The fourth-order valence-electron chi connectivity index (χ4n) is 3.88. The van der Waals surface area contributed by atoms with Gasteiger partial charge in [0.15, 0.2) is 0 Å².